The molecule has 2 rings (SSSR count). The number of nitrogens with one attached hydrogen (secondary N) is 1. The van der Waals surface area contributed by atoms with Crippen LogP contribution in [0.5, 0.6) is 5.88 Å². The first-order valence-electron chi connectivity index (χ1n) is 6.12. The monoisotopic (exact) mass is 345 g/mol. The number of hydrogen-bond acceptors (Lipinski definition) is 8. The largest absolute Gasteiger partial charge is 0.480 e. The summed E-state index contributed by atoms with van der Waals surface area (Å²) in [6.07, 6.45) is 0.921. The van der Waals surface area contributed by atoms with Gasteiger partial charge in [-0.1, -0.05) is 0 Å². The fraction of sp³-hybridized carbons (Fsp3) is 0.417. The molecule has 1 N–H and O–H groups in total. The maximum atomic E-state index is 12.1. The topological polar surface area (TPSA) is 107 Å². The Hall–Kier alpha value is -1.78. The van der Waals surface area contributed by atoms with Crippen LogP contribution >= 0.6 is 11.3 Å². The van der Waals surface area contributed by atoms with Gasteiger partial charge in [-0.25, -0.2) is 18.1 Å². The van der Waals surface area contributed by atoms with Crippen LogP contribution in [0.25, 0.3) is 10.2 Å². The lowest BCUT2D eigenvalue weighted by atomic mass is 10.2. The molecule has 2 heterocycles. The van der Waals surface area contributed by atoms with Crippen molar-refractivity contribution in [1.82, 2.24) is 14.7 Å². The molecule has 8 nitrogen and oxygen atoms in total. The van der Waals surface area contributed by atoms with Crippen molar-refractivity contribution in [1.29, 1.82) is 0 Å². The van der Waals surface area contributed by atoms with E-state index in [1.54, 1.807) is 6.92 Å². The van der Waals surface area contributed by atoms with Gasteiger partial charge in [0.1, 0.15) is 11.4 Å². The van der Waals surface area contributed by atoms with Crippen molar-refractivity contribution >= 4 is 37.5 Å². The standard InChI is InChI=1S/C12H15N3O5S2/c1-6-8-11(20-3)13-7(5-19-2)14-12(8)21-9(6)10(16)15-22(4,17)18/h5H2,1-4H3,(H,15,16). The molecule has 0 spiro atoms. The Kier molecular flexibility index (Phi) is 4.63. The fourth-order valence-electron chi connectivity index (χ4n) is 1.92. The molecule has 0 saturated heterocycles. The van der Waals surface area contributed by atoms with E-state index in [1.165, 1.54) is 14.2 Å². The zero-order chi connectivity index (χ0) is 16.5. The average molecular weight is 345 g/mol. The van der Waals surface area contributed by atoms with Crippen molar-refractivity contribution in [2.24, 2.45) is 0 Å². The predicted octanol–water partition coefficient (Wildman–Crippen LogP) is 0.844. The lowest BCUT2D eigenvalue weighted by molar-refractivity contribution is 0.0985. The number of fused-ring (bicyclic) bond motifs is 1. The molecule has 0 bridgehead atoms. The zero-order valence-electron chi connectivity index (χ0n) is 12.5. The van der Waals surface area contributed by atoms with Gasteiger partial charge in [0.25, 0.3) is 5.91 Å². The van der Waals surface area contributed by atoms with Crippen molar-refractivity contribution in [2.75, 3.05) is 20.5 Å². The molecule has 1 amide bonds. The normalized spacial score (nSPS) is 11.6. The third-order valence-corrected chi connectivity index (χ3v) is 4.50. The molecule has 0 unspecified atom stereocenters. The van der Waals surface area contributed by atoms with Crippen LogP contribution < -0.4 is 9.46 Å². The van der Waals surface area contributed by atoms with E-state index in [1.807, 2.05) is 4.72 Å². The maximum Gasteiger partial charge on any atom is 0.275 e. The van der Waals surface area contributed by atoms with Crippen LogP contribution in [-0.4, -0.2) is 44.8 Å². The van der Waals surface area contributed by atoms with Crippen LogP contribution in [0.15, 0.2) is 0 Å². The lowest BCUT2D eigenvalue weighted by Crippen LogP contribution is -2.29. The highest BCUT2D eigenvalue weighted by molar-refractivity contribution is 7.89. The molecule has 0 aromatic carbocycles. The molecule has 120 valence electrons. The molecule has 0 radical (unpaired) electrons. The molecular weight excluding hydrogens is 330 g/mol. The fourth-order valence-corrected chi connectivity index (χ4v) is 3.51. The average Bonchev–Trinajstić information content (AvgIpc) is 2.74. The highest BCUT2D eigenvalue weighted by Crippen LogP contribution is 2.35. The molecule has 0 aliphatic heterocycles. The molecule has 10 heteroatoms. The van der Waals surface area contributed by atoms with Crippen LogP contribution in [0.4, 0.5) is 0 Å². The Balaban J connectivity index is 2.59. The van der Waals surface area contributed by atoms with Crippen LogP contribution in [0.2, 0.25) is 0 Å². The van der Waals surface area contributed by atoms with Gasteiger partial charge in [0.05, 0.1) is 23.6 Å². The number of nitrogens with zero attached hydrogens (tertiary/aromatic N) is 2. The van der Waals surface area contributed by atoms with Crippen molar-refractivity contribution in [3.8, 4) is 5.88 Å². The van der Waals surface area contributed by atoms with Gasteiger partial charge >= 0.3 is 0 Å². The summed E-state index contributed by atoms with van der Waals surface area (Å²) in [4.78, 5) is 21.4. The van der Waals surface area contributed by atoms with Gasteiger partial charge in [0.2, 0.25) is 15.9 Å². The Morgan fingerprint density at radius 1 is 1.32 bits per heavy atom. The summed E-state index contributed by atoms with van der Waals surface area (Å²) in [6.45, 7) is 1.89. The summed E-state index contributed by atoms with van der Waals surface area (Å²) in [6, 6.07) is 0. The minimum atomic E-state index is -3.64. The number of rotatable bonds is 5. The third kappa shape index (κ3) is 3.34. The quantitative estimate of drug-likeness (QED) is 0.855. The smallest absolute Gasteiger partial charge is 0.275 e. The molecule has 0 atom stereocenters. The van der Waals surface area contributed by atoms with E-state index < -0.39 is 15.9 Å². The number of carbonyl (C=O) groups is 1. The third-order valence-electron chi connectivity index (χ3n) is 2.75. The Bertz CT molecular complexity index is 829. The van der Waals surface area contributed by atoms with Crippen LogP contribution in [0, 0.1) is 6.92 Å². The van der Waals surface area contributed by atoms with Crippen molar-refractivity contribution in [2.45, 2.75) is 13.5 Å². The summed E-state index contributed by atoms with van der Waals surface area (Å²) in [5.74, 6) is 0.0470. The number of methoxy groups -OCH3 is 2. The Labute approximate surface area is 131 Å². The summed E-state index contributed by atoms with van der Waals surface area (Å²) >= 11 is 1.08. The first-order chi connectivity index (χ1) is 10.3. The van der Waals surface area contributed by atoms with Gasteiger partial charge in [-0.2, -0.15) is 4.98 Å². The summed E-state index contributed by atoms with van der Waals surface area (Å²) < 4.78 is 34.6. The van der Waals surface area contributed by atoms with E-state index in [4.69, 9.17) is 9.47 Å². The lowest BCUT2D eigenvalue weighted by Gasteiger charge is -2.05. The highest BCUT2D eigenvalue weighted by Gasteiger charge is 2.22. The second-order valence-electron chi connectivity index (χ2n) is 4.52. The molecule has 0 fully saturated rings. The summed E-state index contributed by atoms with van der Waals surface area (Å²) in [7, 11) is -0.656. The minimum Gasteiger partial charge on any atom is -0.480 e. The second kappa shape index (κ2) is 6.15. The number of aromatic nitrogens is 2. The van der Waals surface area contributed by atoms with Gasteiger partial charge in [0, 0.05) is 7.11 Å². The van der Waals surface area contributed by atoms with E-state index in [9.17, 15) is 13.2 Å². The van der Waals surface area contributed by atoms with E-state index in [0.29, 0.717) is 27.5 Å². The van der Waals surface area contributed by atoms with Crippen LogP contribution in [-0.2, 0) is 21.4 Å². The molecular formula is C12H15N3O5S2. The number of amides is 1. The molecule has 0 saturated carbocycles. The van der Waals surface area contributed by atoms with Gasteiger partial charge < -0.3 is 9.47 Å². The van der Waals surface area contributed by atoms with Gasteiger partial charge in [-0.15, -0.1) is 11.3 Å². The number of aryl methyl sites for hydroxylation is 1. The van der Waals surface area contributed by atoms with E-state index in [-0.39, 0.29) is 11.5 Å². The SMILES string of the molecule is COCc1nc(OC)c2c(C)c(C(=O)NS(C)(=O)=O)sc2n1. The number of sulfonamides is 1. The van der Waals surface area contributed by atoms with Crippen LogP contribution in [0.3, 0.4) is 0 Å². The highest BCUT2D eigenvalue weighted by atomic mass is 32.2. The maximum absolute atomic E-state index is 12.1. The molecule has 0 aliphatic carbocycles. The van der Waals surface area contributed by atoms with Crippen LogP contribution in [0.1, 0.15) is 21.1 Å². The first-order valence-corrected chi connectivity index (χ1v) is 8.82. The van der Waals surface area contributed by atoms with Crippen molar-refractivity contribution < 1.29 is 22.7 Å². The molecule has 0 aliphatic rings. The molecule has 2 aromatic heterocycles. The number of ether oxygens (including phenoxy) is 2. The van der Waals surface area contributed by atoms with Gasteiger partial charge in [-0.05, 0) is 12.5 Å². The van der Waals surface area contributed by atoms with Crippen molar-refractivity contribution in [3.63, 3.8) is 0 Å². The zero-order valence-corrected chi connectivity index (χ0v) is 14.1. The van der Waals surface area contributed by atoms with Gasteiger partial charge in [0.15, 0.2) is 5.82 Å². The van der Waals surface area contributed by atoms with E-state index in [0.717, 1.165) is 17.6 Å². The minimum absolute atomic E-state index is 0.202. The predicted molar refractivity (Wildman–Crippen MR) is 81.7 cm³/mol. The number of carbonyl (C=O) groups excluding carboxylic acids is 1. The van der Waals surface area contributed by atoms with Gasteiger partial charge in [-0.3, -0.25) is 4.79 Å². The summed E-state index contributed by atoms with van der Waals surface area (Å²) in [5, 5.41) is 0.589. The summed E-state index contributed by atoms with van der Waals surface area (Å²) in [5.41, 5.74) is 0.571. The number of hydrogen-bond donors (Lipinski definition) is 1. The van der Waals surface area contributed by atoms with E-state index in [2.05, 4.69) is 9.97 Å². The first kappa shape index (κ1) is 16.6. The molecule has 22 heavy (non-hydrogen) atoms. The second-order valence-corrected chi connectivity index (χ2v) is 7.27. The number of thiophene rings is 1. The Morgan fingerprint density at radius 3 is 2.55 bits per heavy atom. The van der Waals surface area contributed by atoms with Crippen molar-refractivity contribution in [3.05, 3.63) is 16.3 Å². The Morgan fingerprint density at radius 2 is 2.00 bits per heavy atom. The molecule has 2 aromatic rings. The van der Waals surface area contributed by atoms with E-state index >= 15 is 0 Å².